The molecule has 1 aliphatic rings. The zero-order valence-electron chi connectivity index (χ0n) is 12.4. The van der Waals surface area contributed by atoms with Gasteiger partial charge in [0.25, 0.3) is 0 Å². The Morgan fingerprint density at radius 1 is 1.33 bits per heavy atom. The van der Waals surface area contributed by atoms with Crippen LogP contribution in [0.1, 0.15) is 38.8 Å². The van der Waals surface area contributed by atoms with Gasteiger partial charge in [0.15, 0.2) is 0 Å². The topological polar surface area (TPSA) is 15.3 Å². The summed E-state index contributed by atoms with van der Waals surface area (Å²) in [6, 6.07) is 7.42. The molecule has 100 valence electrons. The molecule has 0 radical (unpaired) electrons. The third kappa shape index (κ3) is 2.86. The molecule has 0 aromatic heterocycles. The van der Waals surface area contributed by atoms with Crippen molar-refractivity contribution in [1.29, 1.82) is 0 Å². The molecule has 2 rings (SSSR count). The van der Waals surface area contributed by atoms with Crippen LogP contribution in [0.25, 0.3) is 0 Å². The molecule has 1 atom stereocenters. The van der Waals surface area contributed by atoms with E-state index in [1.54, 1.807) is 0 Å². The summed E-state index contributed by atoms with van der Waals surface area (Å²) in [5.74, 6) is 0. The van der Waals surface area contributed by atoms with E-state index >= 15 is 0 Å². The summed E-state index contributed by atoms with van der Waals surface area (Å²) in [4.78, 5) is 2.45. The van der Waals surface area contributed by atoms with Crippen LogP contribution < -0.4 is 5.32 Å². The molecule has 0 spiro atoms. The molecule has 0 bridgehead atoms. The largest absolute Gasteiger partial charge is 0.384 e. The van der Waals surface area contributed by atoms with Gasteiger partial charge in [-0.25, -0.2) is 0 Å². The van der Waals surface area contributed by atoms with Gasteiger partial charge in [-0.2, -0.15) is 0 Å². The standard InChI is InChI=1S/C16H26N2/c1-12(16(2,3)4)18(5)11-13-6-7-15-14(10-13)8-9-17-15/h6-7,10,12,17H,8-9,11H2,1-5H3. The van der Waals surface area contributed by atoms with Crippen LogP contribution in [0.15, 0.2) is 18.2 Å². The number of hydrogen-bond donors (Lipinski definition) is 1. The number of rotatable bonds is 3. The molecule has 18 heavy (non-hydrogen) atoms. The Hall–Kier alpha value is -1.02. The SMILES string of the molecule is CC(N(C)Cc1ccc2c(c1)CCN2)C(C)(C)C. The molecule has 0 amide bonds. The summed E-state index contributed by atoms with van der Waals surface area (Å²) in [5.41, 5.74) is 4.55. The van der Waals surface area contributed by atoms with Crippen molar-refractivity contribution >= 4 is 5.69 Å². The van der Waals surface area contributed by atoms with E-state index in [1.165, 1.54) is 23.2 Å². The lowest BCUT2D eigenvalue weighted by Gasteiger charge is -2.35. The highest BCUT2D eigenvalue weighted by Gasteiger charge is 2.24. The number of fused-ring (bicyclic) bond motifs is 1. The predicted octanol–water partition coefficient (Wildman–Crippen LogP) is 3.52. The number of nitrogens with one attached hydrogen (secondary N) is 1. The first kappa shape index (κ1) is 13.4. The third-order valence-electron chi connectivity index (χ3n) is 4.23. The Kier molecular flexibility index (Phi) is 3.67. The minimum Gasteiger partial charge on any atom is -0.384 e. The van der Waals surface area contributed by atoms with Gasteiger partial charge in [0.05, 0.1) is 0 Å². The fourth-order valence-corrected chi connectivity index (χ4v) is 2.54. The van der Waals surface area contributed by atoms with Crippen molar-refractivity contribution in [3.8, 4) is 0 Å². The van der Waals surface area contributed by atoms with Gasteiger partial charge in [-0.1, -0.05) is 32.9 Å². The molecule has 1 aliphatic heterocycles. The molecule has 1 aromatic rings. The molecule has 0 saturated heterocycles. The van der Waals surface area contributed by atoms with Gasteiger partial charge in [0, 0.05) is 24.8 Å². The first-order valence-corrected chi connectivity index (χ1v) is 6.94. The first-order valence-electron chi connectivity index (χ1n) is 6.94. The average Bonchev–Trinajstić information content (AvgIpc) is 2.73. The van der Waals surface area contributed by atoms with Crippen LogP contribution >= 0.6 is 0 Å². The molecule has 0 fully saturated rings. The zero-order valence-corrected chi connectivity index (χ0v) is 12.4. The van der Waals surface area contributed by atoms with Crippen molar-refractivity contribution < 1.29 is 0 Å². The van der Waals surface area contributed by atoms with Crippen LogP contribution in [0, 0.1) is 5.41 Å². The van der Waals surface area contributed by atoms with Crippen molar-refractivity contribution in [2.75, 3.05) is 18.9 Å². The maximum atomic E-state index is 3.41. The van der Waals surface area contributed by atoms with E-state index in [-0.39, 0.29) is 0 Å². The molecular formula is C16H26N2. The van der Waals surface area contributed by atoms with Crippen molar-refractivity contribution in [3.05, 3.63) is 29.3 Å². The summed E-state index contributed by atoms with van der Waals surface area (Å²) < 4.78 is 0. The molecule has 1 unspecified atom stereocenters. The van der Waals surface area contributed by atoms with Crippen LogP contribution in [-0.2, 0) is 13.0 Å². The lowest BCUT2D eigenvalue weighted by molar-refractivity contribution is 0.134. The maximum Gasteiger partial charge on any atom is 0.0373 e. The number of hydrogen-bond acceptors (Lipinski definition) is 2. The van der Waals surface area contributed by atoms with Gasteiger partial charge in [-0.3, -0.25) is 4.90 Å². The van der Waals surface area contributed by atoms with E-state index in [1.807, 2.05) is 0 Å². The maximum absolute atomic E-state index is 3.41. The second kappa shape index (κ2) is 4.93. The Bertz CT molecular complexity index is 418. The van der Waals surface area contributed by atoms with E-state index in [4.69, 9.17) is 0 Å². The van der Waals surface area contributed by atoms with Gasteiger partial charge in [0.2, 0.25) is 0 Å². The summed E-state index contributed by atoms with van der Waals surface area (Å²) in [7, 11) is 2.22. The first-order chi connectivity index (χ1) is 8.38. The summed E-state index contributed by atoms with van der Waals surface area (Å²) in [6.07, 6.45) is 1.17. The van der Waals surface area contributed by atoms with Gasteiger partial charge in [-0.05, 0) is 43.0 Å². The van der Waals surface area contributed by atoms with E-state index in [0.717, 1.165) is 13.1 Å². The van der Waals surface area contributed by atoms with E-state index in [9.17, 15) is 0 Å². The molecule has 1 N–H and O–H groups in total. The Morgan fingerprint density at radius 2 is 2.06 bits per heavy atom. The molecule has 1 heterocycles. The van der Waals surface area contributed by atoms with Crippen molar-refractivity contribution in [1.82, 2.24) is 4.90 Å². The van der Waals surface area contributed by atoms with Crippen LogP contribution in [-0.4, -0.2) is 24.5 Å². The van der Waals surface area contributed by atoms with Crippen molar-refractivity contribution in [2.45, 2.75) is 46.7 Å². The Balaban J connectivity index is 2.05. The quantitative estimate of drug-likeness (QED) is 0.878. The van der Waals surface area contributed by atoms with Crippen molar-refractivity contribution in [3.63, 3.8) is 0 Å². The predicted molar refractivity (Wildman–Crippen MR) is 79.0 cm³/mol. The number of nitrogens with zero attached hydrogens (tertiary/aromatic N) is 1. The van der Waals surface area contributed by atoms with E-state index < -0.39 is 0 Å². The second-order valence-electron chi connectivity index (χ2n) is 6.63. The van der Waals surface area contributed by atoms with Crippen molar-refractivity contribution in [2.24, 2.45) is 5.41 Å². The Morgan fingerprint density at radius 3 is 2.72 bits per heavy atom. The highest BCUT2D eigenvalue weighted by Crippen LogP contribution is 2.26. The van der Waals surface area contributed by atoms with Crippen LogP contribution in [0.3, 0.4) is 0 Å². The fourth-order valence-electron chi connectivity index (χ4n) is 2.54. The molecule has 0 aliphatic carbocycles. The molecule has 1 aromatic carbocycles. The highest BCUT2D eigenvalue weighted by atomic mass is 15.1. The Labute approximate surface area is 111 Å². The third-order valence-corrected chi connectivity index (χ3v) is 4.23. The number of anilines is 1. The molecule has 2 heteroatoms. The normalized spacial score (nSPS) is 16.6. The monoisotopic (exact) mass is 246 g/mol. The summed E-state index contributed by atoms with van der Waals surface area (Å²) >= 11 is 0. The van der Waals surface area contributed by atoms with Crippen LogP contribution in [0.5, 0.6) is 0 Å². The lowest BCUT2D eigenvalue weighted by atomic mass is 9.87. The average molecular weight is 246 g/mol. The fraction of sp³-hybridized carbons (Fsp3) is 0.625. The summed E-state index contributed by atoms with van der Waals surface area (Å²) in [6.45, 7) is 11.4. The smallest absolute Gasteiger partial charge is 0.0373 e. The van der Waals surface area contributed by atoms with E-state index in [0.29, 0.717) is 11.5 Å². The number of benzene rings is 1. The minimum absolute atomic E-state index is 0.326. The minimum atomic E-state index is 0.326. The lowest BCUT2D eigenvalue weighted by Crippen LogP contribution is -2.38. The van der Waals surface area contributed by atoms with E-state index in [2.05, 4.69) is 63.2 Å². The van der Waals surface area contributed by atoms with Crippen LogP contribution in [0.4, 0.5) is 5.69 Å². The summed E-state index contributed by atoms with van der Waals surface area (Å²) in [5, 5.41) is 3.41. The van der Waals surface area contributed by atoms with Gasteiger partial charge >= 0.3 is 0 Å². The van der Waals surface area contributed by atoms with Gasteiger partial charge in [0.1, 0.15) is 0 Å². The molecule has 0 saturated carbocycles. The molecule has 2 nitrogen and oxygen atoms in total. The highest BCUT2D eigenvalue weighted by molar-refractivity contribution is 5.56. The van der Waals surface area contributed by atoms with Gasteiger partial charge < -0.3 is 5.32 Å². The zero-order chi connectivity index (χ0) is 13.3. The molecular weight excluding hydrogens is 220 g/mol. The van der Waals surface area contributed by atoms with Crippen LogP contribution in [0.2, 0.25) is 0 Å². The second-order valence-corrected chi connectivity index (χ2v) is 6.63. The van der Waals surface area contributed by atoms with Gasteiger partial charge in [-0.15, -0.1) is 0 Å².